The molecule has 0 heterocycles. The lowest BCUT2D eigenvalue weighted by molar-refractivity contribution is 0.0745. The summed E-state index contributed by atoms with van der Waals surface area (Å²) in [5, 5.41) is 0.617. The molecule has 0 aromatic heterocycles. The van der Waals surface area contributed by atoms with Gasteiger partial charge in [-0.3, -0.25) is 4.79 Å². The van der Waals surface area contributed by atoms with Gasteiger partial charge in [-0.15, -0.1) is 0 Å². The Balaban J connectivity index is 2.82. The lowest BCUT2D eigenvalue weighted by Gasteiger charge is -2.24. The van der Waals surface area contributed by atoms with Gasteiger partial charge in [0.1, 0.15) is 0 Å². The quantitative estimate of drug-likeness (QED) is 0.786. The van der Waals surface area contributed by atoms with Crippen LogP contribution in [0.4, 0.5) is 0 Å². The first-order valence-corrected chi connectivity index (χ1v) is 7.51. The van der Waals surface area contributed by atoms with Crippen LogP contribution in [0.5, 0.6) is 0 Å². The highest BCUT2D eigenvalue weighted by molar-refractivity contribution is 9.10. The third kappa shape index (κ3) is 5.13. The van der Waals surface area contributed by atoms with E-state index in [1.54, 1.807) is 18.2 Å². The van der Waals surface area contributed by atoms with E-state index in [0.29, 0.717) is 10.6 Å². The van der Waals surface area contributed by atoms with Gasteiger partial charge in [-0.05, 0) is 54.6 Å². The molecule has 0 saturated carbocycles. The Bertz CT molecular complexity index is 437. The zero-order valence-corrected chi connectivity index (χ0v) is 14.0. The zero-order valence-electron chi connectivity index (χ0n) is 11.6. The molecule has 1 rings (SSSR count). The molecule has 19 heavy (non-hydrogen) atoms. The van der Waals surface area contributed by atoms with Crippen LogP contribution in [0.3, 0.4) is 0 Å². The molecule has 0 atom stereocenters. The van der Waals surface area contributed by atoms with Crippen LogP contribution in [-0.4, -0.2) is 49.4 Å². The highest BCUT2D eigenvalue weighted by atomic mass is 79.9. The standard InChI is InChI=1S/C14H20BrClN2O/c1-4-7-18(9-8-17(2)3)14(19)11-5-6-13(16)12(15)10-11/h5-6,10H,4,7-9H2,1-3H3. The van der Waals surface area contributed by atoms with Crippen LogP contribution >= 0.6 is 27.5 Å². The average molecular weight is 348 g/mol. The fourth-order valence-electron chi connectivity index (χ4n) is 1.72. The third-order valence-electron chi connectivity index (χ3n) is 2.76. The Hall–Kier alpha value is -0.580. The second-order valence-electron chi connectivity index (χ2n) is 4.72. The van der Waals surface area contributed by atoms with Crippen LogP contribution < -0.4 is 0 Å². The summed E-state index contributed by atoms with van der Waals surface area (Å²) in [7, 11) is 4.01. The van der Waals surface area contributed by atoms with Crippen molar-refractivity contribution >= 4 is 33.4 Å². The SMILES string of the molecule is CCCN(CCN(C)C)C(=O)c1ccc(Cl)c(Br)c1. The summed E-state index contributed by atoms with van der Waals surface area (Å²) >= 11 is 9.30. The molecule has 3 nitrogen and oxygen atoms in total. The molecule has 0 fully saturated rings. The van der Waals surface area contributed by atoms with Crippen LogP contribution in [0.15, 0.2) is 22.7 Å². The minimum absolute atomic E-state index is 0.0565. The second kappa shape index (κ2) is 7.88. The molecular formula is C14H20BrClN2O. The fourth-order valence-corrected chi connectivity index (χ4v) is 2.21. The summed E-state index contributed by atoms with van der Waals surface area (Å²) in [6.45, 7) is 4.45. The maximum Gasteiger partial charge on any atom is 0.253 e. The van der Waals surface area contributed by atoms with Crippen molar-refractivity contribution in [1.82, 2.24) is 9.80 Å². The van der Waals surface area contributed by atoms with Crippen molar-refractivity contribution in [1.29, 1.82) is 0 Å². The van der Waals surface area contributed by atoms with E-state index in [9.17, 15) is 4.79 Å². The number of likely N-dealkylation sites (N-methyl/N-ethyl adjacent to an activating group) is 1. The van der Waals surface area contributed by atoms with E-state index in [-0.39, 0.29) is 5.91 Å². The van der Waals surface area contributed by atoms with Crippen molar-refractivity contribution in [3.8, 4) is 0 Å². The summed E-state index contributed by atoms with van der Waals surface area (Å²) in [5.74, 6) is 0.0565. The first-order chi connectivity index (χ1) is 8.95. The van der Waals surface area contributed by atoms with Gasteiger partial charge < -0.3 is 9.80 Å². The van der Waals surface area contributed by atoms with E-state index in [1.807, 2.05) is 19.0 Å². The largest absolute Gasteiger partial charge is 0.337 e. The van der Waals surface area contributed by atoms with Gasteiger partial charge in [0.25, 0.3) is 5.91 Å². The van der Waals surface area contributed by atoms with Crippen molar-refractivity contribution in [3.05, 3.63) is 33.3 Å². The molecule has 0 N–H and O–H groups in total. The Morgan fingerprint density at radius 3 is 2.47 bits per heavy atom. The highest BCUT2D eigenvalue weighted by Gasteiger charge is 2.15. The monoisotopic (exact) mass is 346 g/mol. The number of carbonyl (C=O) groups is 1. The Morgan fingerprint density at radius 2 is 1.95 bits per heavy atom. The van der Waals surface area contributed by atoms with E-state index in [2.05, 4.69) is 27.8 Å². The number of hydrogen-bond acceptors (Lipinski definition) is 2. The Kier molecular flexibility index (Phi) is 6.83. The molecule has 106 valence electrons. The van der Waals surface area contributed by atoms with Gasteiger partial charge in [0.05, 0.1) is 5.02 Å². The van der Waals surface area contributed by atoms with Gasteiger partial charge in [0.2, 0.25) is 0 Å². The highest BCUT2D eigenvalue weighted by Crippen LogP contribution is 2.23. The number of benzene rings is 1. The molecule has 0 aliphatic carbocycles. The van der Waals surface area contributed by atoms with Gasteiger partial charge in [-0.25, -0.2) is 0 Å². The van der Waals surface area contributed by atoms with Crippen molar-refractivity contribution in [2.45, 2.75) is 13.3 Å². The molecule has 1 aromatic carbocycles. The zero-order chi connectivity index (χ0) is 14.4. The normalized spacial score (nSPS) is 10.8. The summed E-state index contributed by atoms with van der Waals surface area (Å²) < 4.78 is 0.754. The maximum absolute atomic E-state index is 12.5. The summed E-state index contributed by atoms with van der Waals surface area (Å²) in [6, 6.07) is 5.30. The first-order valence-electron chi connectivity index (χ1n) is 6.34. The lowest BCUT2D eigenvalue weighted by atomic mass is 10.2. The topological polar surface area (TPSA) is 23.6 Å². The first kappa shape index (κ1) is 16.5. The number of hydrogen-bond donors (Lipinski definition) is 0. The predicted octanol–water partition coefficient (Wildman–Crippen LogP) is 3.52. The molecule has 1 amide bonds. The van der Waals surface area contributed by atoms with Crippen LogP contribution in [0.2, 0.25) is 5.02 Å². The molecule has 0 radical (unpaired) electrons. The second-order valence-corrected chi connectivity index (χ2v) is 5.99. The molecule has 0 bridgehead atoms. The number of carbonyl (C=O) groups excluding carboxylic acids is 1. The minimum atomic E-state index is 0.0565. The molecule has 0 saturated heterocycles. The molecule has 0 aliphatic heterocycles. The van der Waals surface area contributed by atoms with E-state index in [4.69, 9.17) is 11.6 Å². The van der Waals surface area contributed by atoms with E-state index < -0.39 is 0 Å². The van der Waals surface area contributed by atoms with Crippen molar-refractivity contribution in [2.75, 3.05) is 33.7 Å². The smallest absolute Gasteiger partial charge is 0.253 e. The molecule has 5 heteroatoms. The number of halogens is 2. The summed E-state index contributed by atoms with van der Waals surface area (Å²) in [4.78, 5) is 16.4. The van der Waals surface area contributed by atoms with Crippen molar-refractivity contribution < 1.29 is 4.79 Å². The van der Waals surface area contributed by atoms with Crippen molar-refractivity contribution in [2.24, 2.45) is 0 Å². The molecule has 0 unspecified atom stereocenters. The molecule has 0 aliphatic rings. The van der Waals surface area contributed by atoms with Gasteiger partial charge in [-0.1, -0.05) is 18.5 Å². The van der Waals surface area contributed by atoms with Gasteiger partial charge in [0.15, 0.2) is 0 Å². The summed E-state index contributed by atoms with van der Waals surface area (Å²) in [6.07, 6.45) is 0.952. The minimum Gasteiger partial charge on any atom is -0.337 e. The average Bonchev–Trinajstić information content (AvgIpc) is 2.36. The van der Waals surface area contributed by atoms with E-state index in [1.165, 1.54) is 0 Å². The number of amides is 1. The van der Waals surface area contributed by atoms with Crippen LogP contribution in [0.25, 0.3) is 0 Å². The van der Waals surface area contributed by atoms with Gasteiger partial charge in [0, 0.05) is 29.7 Å². The molecule has 1 aromatic rings. The van der Waals surface area contributed by atoms with E-state index in [0.717, 1.165) is 30.5 Å². The number of rotatable bonds is 6. The fraction of sp³-hybridized carbons (Fsp3) is 0.500. The summed E-state index contributed by atoms with van der Waals surface area (Å²) in [5.41, 5.74) is 0.670. The van der Waals surface area contributed by atoms with Crippen LogP contribution in [0.1, 0.15) is 23.7 Å². The lowest BCUT2D eigenvalue weighted by Crippen LogP contribution is -2.37. The molecular weight excluding hydrogens is 328 g/mol. The molecule has 0 spiro atoms. The number of nitrogens with zero attached hydrogens (tertiary/aromatic N) is 2. The predicted molar refractivity (Wildman–Crippen MR) is 83.9 cm³/mol. The Morgan fingerprint density at radius 1 is 1.26 bits per heavy atom. The van der Waals surface area contributed by atoms with Crippen LogP contribution in [-0.2, 0) is 0 Å². The van der Waals surface area contributed by atoms with Crippen LogP contribution in [0, 0.1) is 0 Å². The maximum atomic E-state index is 12.5. The van der Waals surface area contributed by atoms with Crippen molar-refractivity contribution in [3.63, 3.8) is 0 Å². The third-order valence-corrected chi connectivity index (χ3v) is 3.98. The van der Waals surface area contributed by atoms with Gasteiger partial charge >= 0.3 is 0 Å². The Labute approximate surface area is 128 Å². The van der Waals surface area contributed by atoms with Gasteiger partial charge in [-0.2, -0.15) is 0 Å². The van der Waals surface area contributed by atoms with E-state index >= 15 is 0 Å².